The molecule has 0 bridgehead atoms. The number of hydrogen-bond acceptors (Lipinski definition) is 3. The number of aliphatic carboxylic acids is 1. The van der Waals surface area contributed by atoms with Gasteiger partial charge in [-0.15, -0.1) is 6.42 Å². The van der Waals surface area contributed by atoms with Crippen LogP contribution in [0.25, 0.3) is 0 Å². The second-order valence-corrected chi connectivity index (χ2v) is 3.76. The molecule has 15 heavy (non-hydrogen) atoms. The Kier molecular flexibility index (Phi) is 5.16. The van der Waals surface area contributed by atoms with Gasteiger partial charge in [0.05, 0.1) is 19.2 Å². The predicted molar refractivity (Wildman–Crippen MR) is 56.5 cm³/mol. The molecule has 0 radical (unpaired) electrons. The van der Waals surface area contributed by atoms with E-state index in [1.807, 2.05) is 0 Å². The van der Waals surface area contributed by atoms with Crippen LogP contribution in [0.5, 0.6) is 0 Å². The van der Waals surface area contributed by atoms with Crippen molar-refractivity contribution in [2.75, 3.05) is 26.2 Å². The van der Waals surface area contributed by atoms with Gasteiger partial charge in [-0.1, -0.05) is 5.92 Å². The summed E-state index contributed by atoms with van der Waals surface area (Å²) >= 11 is 0. The molecule has 1 N–H and O–H groups in total. The van der Waals surface area contributed by atoms with Gasteiger partial charge in [0.1, 0.15) is 0 Å². The van der Waals surface area contributed by atoms with Crippen molar-refractivity contribution < 1.29 is 14.6 Å². The maximum Gasteiger partial charge on any atom is 0.317 e. The number of carbonyl (C=O) groups is 1. The molecule has 4 heteroatoms. The van der Waals surface area contributed by atoms with Crippen molar-refractivity contribution in [1.29, 1.82) is 0 Å². The number of hydrogen-bond donors (Lipinski definition) is 1. The highest BCUT2D eigenvalue weighted by Crippen LogP contribution is 2.13. The second-order valence-electron chi connectivity index (χ2n) is 3.76. The van der Waals surface area contributed by atoms with Gasteiger partial charge in [0.25, 0.3) is 0 Å². The molecule has 1 atom stereocenters. The van der Waals surface area contributed by atoms with E-state index in [4.69, 9.17) is 16.3 Å². The molecular weight excluding hydrogens is 194 g/mol. The van der Waals surface area contributed by atoms with Crippen LogP contribution in [0, 0.1) is 12.3 Å². The summed E-state index contributed by atoms with van der Waals surface area (Å²) < 4.78 is 5.53. The minimum atomic E-state index is -0.846. The van der Waals surface area contributed by atoms with Crippen LogP contribution >= 0.6 is 0 Å². The van der Waals surface area contributed by atoms with Gasteiger partial charge in [-0.25, -0.2) is 0 Å². The predicted octanol–water partition coefficient (Wildman–Crippen LogP) is 0.575. The number of nitrogens with zero attached hydrogens (tertiary/aromatic N) is 1. The van der Waals surface area contributed by atoms with Crippen LogP contribution in [0.4, 0.5) is 0 Å². The molecule has 0 spiro atoms. The first-order chi connectivity index (χ1) is 7.22. The Morgan fingerprint density at radius 1 is 1.60 bits per heavy atom. The Bertz CT molecular complexity index is 241. The van der Waals surface area contributed by atoms with Crippen molar-refractivity contribution in [3.63, 3.8) is 0 Å². The normalized spacial score (nSPS) is 21.2. The monoisotopic (exact) mass is 211 g/mol. The van der Waals surface area contributed by atoms with Crippen LogP contribution < -0.4 is 0 Å². The Hall–Kier alpha value is -1.05. The van der Waals surface area contributed by atoms with Crippen LogP contribution in [-0.4, -0.2) is 48.3 Å². The number of terminal acetylenes is 1. The maximum atomic E-state index is 10.6. The molecular formula is C11H17NO3. The molecule has 0 amide bonds. The minimum absolute atomic E-state index is 0.00986. The Balaban J connectivity index is 2.35. The average Bonchev–Trinajstić information content (AvgIpc) is 2.18. The minimum Gasteiger partial charge on any atom is -0.480 e. The van der Waals surface area contributed by atoms with Gasteiger partial charge in [0, 0.05) is 13.2 Å². The molecule has 0 aromatic carbocycles. The van der Waals surface area contributed by atoms with E-state index in [9.17, 15) is 4.79 Å². The summed E-state index contributed by atoms with van der Waals surface area (Å²) in [5, 5.41) is 8.69. The molecule has 0 aliphatic carbocycles. The highest BCUT2D eigenvalue weighted by Gasteiger charge is 2.18. The van der Waals surface area contributed by atoms with Gasteiger partial charge in [-0.2, -0.15) is 0 Å². The van der Waals surface area contributed by atoms with E-state index >= 15 is 0 Å². The van der Waals surface area contributed by atoms with E-state index in [1.165, 1.54) is 0 Å². The van der Waals surface area contributed by atoms with E-state index in [-0.39, 0.29) is 12.6 Å². The van der Waals surface area contributed by atoms with Crippen molar-refractivity contribution >= 4 is 5.97 Å². The molecule has 1 rings (SSSR count). The molecule has 0 saturated carbocycles. The molecule has 1 aliphatic heterocycles. The molecule has 1 unspecified atom stereocenters. The van der Waals surface area contributed by atoms with Crippen molar-refractivity contribution in [2.45, 2.75) is 25.4 Å². The van der Waals surface area contributed by atoms with Gasteiger partial charge in [0.15, 0.2) is 0 Å². The Morgan fingerprint density at radius 3 is 2.93 bits per heavy atom. The molecule has 0 aromatic heterocycles. The Labute approximate surface area is 90.2 Å². The average molecular weight is 211 g/mol. The van der Waals surface area contributed by atoms with Crippen LogP contribution in [0.1, 0.15) is 19.3 Å². The first-order valence-electron chi connectivity index (χ1n) is 5.21. The van der Waals surface area contributed by atoms with E-state index in [0.29, 0.717) is 13.1 Å². The van der Waals surface area contributed by atoms with Crippen molar-refractivity contribution in [3.05, 3.63) is 0 Å². The van der Waals surface area contributed by atoms with Gasteiger partial charge in [0.2, 0.25) is 0 Å². The van der Waals surface area contributed by atoms with Crippen LogP contribution in [0.2, 0.25) is 0 Å². The Morgan fingerprint density at radius 2 is 2.40 bits per heavy atom. The van der Waals surface area contributed by atoms with E-state index in [1.54, 1.807) is 4.90 Å². The van der Waals surface area contributed by atoms with Crippen LogP contribution in [0.3, 0.4) is 0 Å². The first kappa shape index (κ1) is 12.0. The van der Waals surface area contributed by atoms with E-state index in [0.717, 1.165) is 25.9 Å². The third kappa shape index (κ3) is 4.82. The first-order valence-corrected chi connectivity index (χ1v) is 5.21. The quantitative estimate of drug-likeness (QED) is 0.676. The number of carboxylic acids is 1. The van der Waals surface area contributed by atoms with E-state index < -0.39 is 5.97 Å². The van der Waals surface area contributed by atoms with Gasteiger partial charge < -0.3 is 9.84 Å². The summed E-state index contributed by atoms with van der Waals surface area (Å²) in [6, 6.07) is 0. The molecule has 0 aromatic rings. The third-order valence-electron chi connectivity index (χ3n) is 2.41. The smallest absolute Gasteiger partial charge is 0.317 e. The zero-order valence-electron chi connectivity index (χ0n) is 8.82. The zero-order valence-corrected chi connectivity index (χ0v) is 8.82. The zero-order chi connectivity index (χ0) is 11.1. The summed E-state index contributed by atoms with van der Waals surface area (Å²) in [5.41, 5.74) is 0. The standard InChI is InChI=1S/C11H17NO3/c1-2-6-12(9-11(13)14)8-10-5-3-4-7-15-10/h1,10H,3-9H2,(H,13,14). The summed E-state index contributed by atoms with van der Waals surface area (Å²) in [6.45, 7) is 1.76. The largest absolute Gasteiger partial charge is 0.480 e. The molecule has 1 heterocycles. The summed E-state index contributed by atoms with van der Waals surface area (Å²) in [5.74, 6) is 1.62. The molecule has 84 valence electrons. The highest BCUT2D eigenvalue weighted by atomic mass is 16.5. The fourth-order valence-electron chi connectivity index (χ4n) is 1.74. The summed E-state index contributed by atoms with van der Waals surface area (Å²) in [4.78, 5) is 12.3. The lowest BCUT2D eigenvalue weighted by molar-refractivity contribution is -0.138. The topological polar surface area (TPSA) is 49.8 Å². The van der Waals surface area contributed by atoms with Crippen molar-refractivity contribution in [3.8, 4) is 12.3 Å². The van der Waals surface area contributed by atoms with Gasteiger partial charge in [-0.3, -0.25) is 9.69 Å². The number of ether oxygens (including phenoxy) is 1. The highest BCUT2D eigenvalue weighted by molar-refractivity contribution is 5.69. The summed E-state index contributed by atoms with van der Waals surface area (Å²) in [7, 11) is 0. The second kappa shape index (κ2) is 6.44. The van der Waals surface area contributed by atoms with Crippen molar-refractivity contribution in [1.82, 2.24) is 4.90 Å². The lowest BCUT2D eigenvalue weighted by Crippen LogP contribution is -2.38. The van der Waals surface area contributed by atoms with E-state index in [2.05, 4.69) is 5.92 Å². The third-order valence-corrected chi connectivity index (χ3v) is 2.41. The van der Waals surface area contributed by atoms with Gasteiger partial charge in [-0.05, 0) is 19.3 Å². The molecule has 1 aliphatic rings. The summed E-state index contributed by atoms with van der Waals surface area (Å²) in [6.07, 6.45) is 8.59. The SMILES string of the molecule is C#CCN(CC(=O)O)CC1CCCCO1. The lowest BCUT2D eigenvalue weighted by atomic mass is 10.1. The fraction of sp³-hybridized carbons (Fsp3) is 0.727. The lowest BCUT2D eigenvalue weighted by Gasteiger charge is -2.27. The van der Waals surface area contributed by atoms with Gasteiger partial charge >= 0.3 is 5.97 Å². The van der Waals surface area contributed by atoms with Crippen LogP contribution in [-0.2, 0) is 9.53 Å². The number of rotatable bonds is 5. The molecule has 1 fully saturated rings. The van der Waals surface area contributed by atoms with Crippen LogP contribution in [0.15, 0.2) is 0 Å². The van der Waals surface area contributed by atoms with Crippen molar-refractivity contribution in [2.24, 2.45) is 0 Å². The maximum absolute atomic E-state index is 10.6. The molecule has 4 nitrogen and oxygen atoms in total. The number of carboxylic acid groups (broad SMARTS) is 1. The fourth-order valence-corrected chi connectivity index (χ4v) is 1.74. The molecule has 1 saturated heterocycles.